The number of likely N-dealkylation sites (tertiary alicyclic amines) is 1. The Morgan fingerprint density at radius 1 is 1.35 bits per heavy atom. The van der Waals surface area contributed by atoms with Gasteiger partial charge in [-0.3, -0.25) is 9.78 Å². The molecule has 0 aliphatic carbocycles. The predicted molar refractivity (Wildman–Crippen MR) is 92.4 cm³/mol. The zero-order valence-corrected chi connectivity index (χ0v) is 14.4. The van der Waals surface area contributed by atoms with E-state index in [1.165, 1.54) is 12.0 Å². The first-order chi connectivity index (χ1) is 11.2. The number of thiazole rings is 1. The topological polar surface area (TPSA) is 46.1 Å². The number of carbonyl (C=O) groups excluding carboxylic acids is 1. The Kier molecular flexibility index (Phi) is 5.39. The van der Waals surface area contributed by atoms with Gasteiger partial charge in [0.15, 0.2) is 0 Å². The lowest BCUT2D eigenvalue weighted by molar-refractivity contribution is -0.132. The van der Waals surface area contributed by atoms with Crippen LogP contribution in [0.25, 0.3) is 0 Å². The number of amides is 1. The van der Waals surface area contributed by atoms with Crippen molar-refractivity contribution < 1.29 is 4.79 Å². The molecule has 1 aliphatic rings. The number of carbonyl (C=O) groups is 1. The van der Waals surface area contributed by atoms with Gasteiger partial charge < -0.3 is 4.90 Å². The van der Waals surface area contributed by atoms with Crippen LogP contribution < -0.4 is 0 Å². The van der Waals surface area contributed by atoms with Crippen molar-refractivity contribution in [1.82, 2.24) is 14.9 Å². The van der Waals surface area contributed by atoms with Gasteiger partial charge in [-0.2, -0.15) is 0 Å². The van der Waals surface area contributed by atoms with Gasteiger partial charge >= 0.3 is 0 Å². The third kappa shape index (κ3) is 4.61. The maximum atomic E-state index is 12.4. The maximum absolute atomic E-state index is 12.4. The van der Waals surface area contributed by atoms with Crippen LogP contribution in [0.1, 0.15) is 36.0 Å². The fraction of sp³-hybridized carbons (Fsp3) is 0.500. The molecule has 0 bridgehead atoms. The third-order valence-electron chi connectivity index (χ3n) is 4.32. The van der Waals surface area contributed by atoms with Crippen molar-refractivity contribution in [1.29, 1.82) is 0 Å². The van der Waals surface area contributed by atoms with Gasteiger partial charge in [0.25, 0.3) is 0 Å². The summed E-state index contributed by atoms with van der Waals surface area (Å²) in [6.07, 6.45) is 8.33. The quantitative estimate of drug-likeness (QED) is 0.847. The Morgan fingerprint density at radius 3 is 2.96 bits per heavy atom. The molecule has 0 saturated carbocycles. The maximum Gasteiger partial charge on any atom is 0.228 e. The lowest BCUT2D eigenvalue weighted by Crippen LogP contribution is -2.39. The largest absolute Gasteiger partial charge is 0.342 e. The van der Waals surface area contributed by atoms with Crippen molar-refractivity contribution >= 4 is 17.2 Å². The second kappa shape index (κ2) is 7.68. The number of hydrogen-bond donors (Lipinski definition) is 0. The molecule has 2 aromatic rings. The van der Waals surface area contributed by atoms with Crippen molar-refractivity contribution in [3.63, 3.8) is 0 Å². The minimum Gasteiger partial charge on any atom is -0.342 e. The van der Waals surface area contributed by atoms with Crippen LogP contribution in [0.5, 0.6) is 0 Å². The average molecular weight is 329 g/mol. The van der Waals surface area contributed by atoms with Crippen LogP contribution in [0, 0.1) is 5.92 Å². The predicted octanol–water partition coefficient (Wildman–Crippen LogP) is 3.12. The first-order valence-electron chi connectivity index (χ1n) is 8.30. The molecule has 1 aliphatic heterocycles. The van der Waals surface area contributed by atoms with Gasteiger partial charge in [0, 0.05) is 37.3 Å². The normalized spacial score (nSPS) is 18.1. The van der Waals surface area contributed by atoms with Crippen LogP contribution in [0.15, 0.2) is 29.9 Å². The second-order valence-electron chi connectivity index (χ2n) is 6.35. The molecule has 122 valence electrons. The van der Waals surface area contributed by atoms with Crippen molar-refractivity contribution in [3.05, 3.63) is 46.2 Å². The molecule has 4 nitrogen and oxygen atoms in total. The van der Waals surface area contributed by atoms with E-state index >= 15 is 0 Å². The first-order valence-corrected chi connectivity index (χ1v) is 9.18. The number of aryl methyl sites for hydroxylation is 2. The van der Waals surface area contributed by atoms with E-state index in [0.29, 0.717) is 12.3 Å². The molecule has 0 aromatic carbocycles. The van der Waals surface area contributed by atoms with Gasteiger partial charge in [0.1, 0.15) is 0 Å². The smallest absolute Gasteiger partial charge is 0.228 e. The monoisotopic (exact) mass is 329 g/mol. The molecular formula is C18H23N3OS. The summed E-state index contributed by atoms with van der Waals surface area (Å²) in [6.45, 7) is 4.03. The van der Waals surface area contributed by atoms with Gasteiger partial charge in [0.2, 0.25) is 5.91 Å². The molecule has 0 spiro atoms. The highest BCUT2D eigenvalue weighted by molar-refractivity contribution is 7.09. The van der Waals surface area contributed by atoms with E-state index in [1.54, 1.807) is 11.3 Å². The van der Waals surface area contributed by atoms with Crippen LogP contribution in [-0.2, 0) is 24.1 Å². The zero-order chi connectivity index (χ0) is 16.1. The molecule has 1 saturated heterocycles. The highest BCUT2D eigenvalue weighted by atomic mass is 32.1. The van der Waals surface area contributed by atoms with E-state index in [4.69, 9.17) is 0 Å². The van der Waals surface area contributed by atoms with Gasteiger partial charge in [-0.1, -0.05) is 6.92 Å². The van der Waals surface area contributed by atoms with Crippen molar-refractivity contribution in [3.8, 4) is 0 Å². The summed E-state index contributed by atoms with van der Waals surface area (Å²) in [6, 6.07) is 4.07. The number of nitrogens with zero attached hydrogens (tertiary/aromatic N) is 3. The summed E-state index contributed by atoms with van der Waals surface area (Å²) in [5.74, 6) is 0.849. The number of rotatable bonds is 5. The SMILES string of the molecule is CC1CCCN(C(=O)Cc2csc(CCc3ccncc3)n2)C1. The molecule has 1 atom stereocenters. The first kappa shape index (κ1) is 16.1. The number of hydrogen-bond acceptors (Lipinski definition) is 4. The molecule has 3 heterocycles. The summed E-state index contributed by atoms with van der Waals surface area (Å²) in [7, 11) is 0. The zero-order valence-electron chi connectivity index (χ0n) is 13.6. The Balaban J connectivity index is 1.51. The molecule has 1 unspecified atom stereocenters. The van der Waals surface area contributed by atoms with E-state index < -0.39 is 0 Å². The summed E-state index contributed by atoms with van der Waals surface area (Å²) in [4.78, 5) is 23.1. The molecule has 0 radical (unpaired) electrons. The summed E-state index contributed by atoms with van der Waals surface area (Å²) in [5, 5.41) is 3.14. The van der Waals surface area contributed by atoms with Crippen molar-refractivity contribution in [2.24, 2.45) is 5.92 Å². The van der Waals surface area contributed by atoms with Gasteiger partial charge in [-0.05, 0) is 42.9 Å². The Labute approximate surface area is 141 Å². The molecule has 1 amide bonds. The van der Waals surface area contributed by atoms with E-state index in [2.05, 4.69) is 16.9 Å². The minimum atomic E-state index is 0.225. The van der Waals surface area contributed by atoms with Gasteiger partial charge in [0.05, 0.1) is 17.1 Å². The number of aromatic nitrogens is 2. The molecule has 0 N–H and O–H groups in total. The molecule has 2 aromatic heterocycles. The second-order valence-corrected chi connectivity index (χ2v) is 7.29. The van der Waals surface area contributed by atoms with Crippen molar-refractivity contribution in [2.45, 2.75) is 39.0 Å². The summed E-state index contributed by atoms with van der Waals surface area (Å²) < 4.78 is 0. The van der Waals surface area contributed by atoms with Crippen LogP contribution in [0.2, 0.25) is 0 Å². The molecular weight excluding hydrogens is 306 g/mol. The average Bonchev–Trinajstić information content (AvgIpc) is 3.01. The fourth-order valence-corrected chi connectivity index (χ4v) is 3.83. The highest BCUT2D eigenvalue weighted by Crippen LogP contribution is 2.18. The van der Waals surface area contributed by atoms with E-state index in [0.717, 1.165) is 43.1 Å². The van der Waals surface area contributed by atoms with Crippen LogP contribution >= 0.6 is 11.3 Å². The summed E-state index contributed by atoms with van der Waals surface area (Å²) >= 11 is 1.66. The van der Waals surface area contributed by atoms with E-state index in [9.17, 15) is 4.79 Å². The van der Waals surface area contributed by atoms with Crippen LogP contribution in [0.4, 0.5) is 0 Å². The van der Waals surface area contributed by atoms with E-state index in [-0.39, 0.29) is 5.91 Å². The van der Waals surface area contributed by atoms with Crippen LogP contribution in [0.3, 0.4) is 0 Å². The summed E-state index contributed by atoms with van der Waals surface area (Å²) in [5.41, 5.74) is 2.19. The van der Waals surface area contributed by atoms with Crippen molar-refractivity contribution in [2.75, 3.05) is 13.1 Å². The lowest BCUT2D eigenvalue weighted by atomic mass is 10.00. The molecule has 3 rings (SSSR count). The number of piperidine rings is 1. The lowest BCUT2D eigenvalue weighted by Gasteiger charge is -2.30. The molecule has 1 fully saturated rings. The highest BCUT2D eigenvalue weighted by Gasteiger charge is 2.21. The van der Waals surface area contributed by atoms with Gasteiger partial charge in [-0.25, -0.2) is 4.98 Å². The van der Waals surface area contributed by atoms with E-state index in [1.807, 2.05) is 34.8 Å². The minimum absolute atomic E-state index is 0.225. The standard InChI is InChI=1S/C18H23N3OS/c1-14-3-2-10-21(12-14)18(22)11-16-13-23-17(20-16)5-4-15-6-8-19-9-7-15/h6-9,13-14H,2-5,10-12H2,1H3. The Hall–Kier alpha value is -1.75. The van der Waals surface area contributed by atoms with Crippen LogP contribution in [-0.4, -0.2) is 33.9 Å². The van der Waals surface area contributed by atoms with Gasteiger partial charge in [-0.15, -0.1) is 11.3 Å². The Bertz CT molecular complexity index is 641. The molecule has 5 heteroatoms. The number of pyridine rings is 1. The molecule has 23 heavy (non-hydrogen) atoms. The third-order valence-corrected chi connectivity index (χ3v) is 5.28. The fourth-order valence-electron chi connectivity index (χ4n) is 3.03. The Morgan fingerprint density at radius 2 is 2.17 bits per heavy atom.